The van der Waals surface area contributed by atoms with Crippen LogP contribution in [0, 0.1) is 11.1 Å². The van der Waals surface area contributed by atoms with Gasteiger partial charge in [0.05, 0.1) is 0 Å². The fourth-order valence-corrected chi connectivity index (χ4v) is 17.2. The third-order valence-electron chi connectivity index (χ3n) is 9.00. The molecule has 0 spiro atoms. The normalized spacial score (nSPS) is 18.4. The van der Waals surface area contributed by atoms with Gasteiger partial charge in [-0.25, -0.2) is 0 Å². The SMILES string of the molecule is N#C[P+]1(Oc2ccccc2)N(Oc2ccccc2)P(Oc2ccccc2)N(Oc2ccccc2)P(Oc2ccccc2)N=P(Oc2ccccc2)(Oc2ccccc2)N1Oc1ccccc1. The molecule has 0 aliphatic carbocycles. The third kappa shape index (κ3) is 10.6. The zero-order valence-electron chi connectivity index (χ0n) is 34.9. The fraction of sp³-hybridized carbons (Fsp3) is 0. The molecule has 0 saturated carbocycles. The molecule has 3 unspecified atom stereocenters. The zero-order valence-corrected chi connectivity index (χ0v) is 38.5. The summed E-state index contributed by atoms with van der Waals surface area (Å²) in [6, 6.07) is 72.3. The van der Waals surface area contributed by atoms with Crippen molar-refractivity contribution in [2.75, 3.05) is 0 Å². The van der Waals surface area contributed by atoms with E-state index in [0.717, 1.165) is 0 Å². The van der Waals surface area contributed by atoms with E-state index in [0.29, 0.717) is 40.2 Å². The average Bonchev–Trinajstić information content (AvgIpc) is 3.37. The van der Waals surface area contributed by atoms with E-state index in [9.17, 15) is 5.26 Å². The second-order valence-corrected chi connectivity index (χ2v) is 21.8. The van der Waals surface area contributed by atoms with Crippen LogP contribution in [0.15, 0.2) is 247 Å². The number of rotatable bonds is 16. The lowest BCUT2D eigenvalue weighted by molar-refractivity contribution is 0.0329. The Bertz CT molecular complexity index is 2790. The van der Waals surface area contributed by atoms with Crippen LogP contribution >= 0.6 is 32.3 Å². The van der Waals surface area contributed by atoms with Crippen LogP contribution in [0.5, 0.6) is 46.0 Å². The Balaban J connectivity index is 1.44. The number of hydrogen-bond donors (Lipinski definition) is 0. The highest BCUT2D eigenvalue weighted by atomic mass is 31.3. The maximum absolute atomic E-state index is 12.4. The van der Waals surface area contributed by atoms with Gasteiger partial charge in [-0.15, -0.1) is 9.78 Å². The van der Waals surface area contributed by atoms with Crippen LogP contribution in [-0.4, -0.2) is 13.8 Å². The summed E-state index contributed by atoms with van der Waals surface area (Å²) in [6.45, 7) is 0. The van der Waals surface area contributed by atoms with E-state index in [4.69, 9.17) is 41.6 Å². The minimum absolute atomic E-state index is 0.279. The van der Waals surface area contributed by atoms with E-state index in [2.05, 4.69) is 5.81 Å². The maximum atomic E-state index is 12.4. The van der Waals surface area contributed by atoms with Gasteiger partial charge in [0.2, 0.25) is 0 Å². The molecule has 0 aromatic heterocycles. The van der Waals surface area contributed by atoms with Crippen LogP contribution in [0.2, 0.25) is 0 Å². The van der Waals surface area contributed by atoms with Gasteiger partial charge in [-0.3, -0.25) is 4.52 Å². The molecule has 1 aliphatic rings. The first-order chi connectivity index (χ1) is 32.6. The highest BCUT2D eigenvalue weighted by Crippen LogP contribution is 2.85. The molecular weight excluding hydrogens is 910 g/mol. The zero-order chi connectivity index (χ0) is 44.9. The molecule has 3 atom stereocenters. The molecule has 8 aromatic rings. The Kier molecular flexibility index (Phi) is 14.3. The van der Waals surface area contributed by atoms with E-state index < -0.39 is 32.3 Å². The van der Waals surface area contributed by atoms with E-state index >= 15 is 0 Å². The second-order valence-electron chi connectivity index (χ2n) is 13.7. The van der Waals surface area contributed by atoms with Gasteiger partial charge < -0.3 is 32.6 Å². The molecule has 0 bridgehead atoms. The molecule has 0 amide bonds. The van der Waals surface area contributed by atoms with Gasteiger partial charge >= 0.3 is 38.2 Å². The highest BCUT2D eigenvalue weighted by molar-refractivity contribution is 7.87. The van der Waals surface area contributed by atoms with Gasteiger partial charge in [0.1, 0.15) is 33.4 Å². The summed E-state index contributed by atoms with van der Waals surface area (Å²) in [5.41, 5.74) is 0. The summed E-state index contributed by atoms with van der Waals surface area (Å²) < 4.78 is 45.6. The molecule has 8 aromatic carbocycles. The van der Waals surface area contributed by atoms with Gasteiger partial charge in [0.25, 0.3) is 0 Å². The largest absolute Gasteiger partial charge is 0.530 e. The molecule has 0 fully saturated rings. The fourth-order valence-electron chi connectivity index (χ4n) is 6.04. The first-order valence-corrected chi connectivity index (χ1v) is 25.9. The number of benzene rings is 8. The van der Waals surface area contributed by atoms with Crippen LogP contribution in [0.4, 0.5) is 0 Å². The van der Waals surface area contributed by atoms with E-state index in [1.54, 1.807) is 109 Å². The monoisotopic (exact) mass is 950 g/mol. The molecule has 66 heavy (non-hydrogen) atoms. The van der Waals surface area contributed by atoms with Crippen LogP contribution in [0.25, 0.3) is 0 Å². The van der Waals surface area contributed by atoms with Crippen molar-refractivity contribution in [2.24, 2.45) is 4.52 Å². The van der Waals surface area contributed by atoms with Crippen LogP contribution in [0.1, 0.15) is 0 Å². The van der Waals surface area contributed by atoms with Gasteiger partial charge in [-0.2, -0.15) is 0 Å². The predicted octanol–water partition coefficient (Wildman–Crippen LogP) is 14.9. The molecule has 1 aliphatic heterocycles. The Hall–Kier alpha value is -6.95. The second kappa shape index (κ2) is 21.4. The van der Waals surface area contributed by atoms with Crippen molar-refractivity contribution in [3.8, 4) is 51.8 Å². The number of para-hydroxylation sites is 8. The summed E-state index contributed by atoms with van der Waals surface area (Å²) in [5, 5.41) is 12.4. The Morgan fingerprint density at radius 2 is 0.758 bits per heavy atom. The van der Waals surface area contributed by atoms with Gasteiger partial charge in [-0.05, 0) is 97.1 Å². The lowest BCUT2D eigenvalue weighted by Gasteiger charge is -2.42. The lowest BCUT2D eigenvalue weighted by Crippen LogP contribution is -2.44. The number of nitriles is 1. The Morgan fingerprint density at radius 1 is 0.409 bits per heavy atom. The minimum Gasteiger partial charge on any atom is -0.438 e. The minimum atomic E-state index is -4.58. The summed E-state index contributed by atoms with van der Waals surface area (Å²) in [4.78, 5) is 21.2. The average molecular weight is 951 g/mol. The molecule has 0 N–H and O–H groups in total. The first-order valence-electron chi connectivity index (χ1n) is 20.4. The van der Waals surface area contributed by atoms with Crippen molar-refractivity contribution < 1.29 is 37.1 Å². The third-order valence-corrected chi connectivity index (χ3v) is 19.1. The van der Waals surface area contributed by atoms with Crippen molar-refractivity contribution >= 4 is 32.3 Å². The molecule has 0 saturated heterocycles. The number of nitrogens with zero attached hydrogens (tertiary/aromatic N) is 5. The quantitative estimate of drug-likeness (QED) is 0.0858. The Morgan fingerprint density at radius 3 is 1.18 bits per heavy atom. The van der Waals surface area contributed by atoms with Crippen molar-refractivity contribution in [1.82, 2.24) is 13.8 Å². The van der Waals surface area contributed by atoms with Crippen LogP contribution in [0.3, 0.4) is 0 Å². The van der Waals surface area contributed by atoms with Crippen molar-refractivity contribution in [3.05, 3.63) is 243 Å². The molecule has 13 nitrogen and oxygen atoms in total. The summed E-state index contributed by atoms with van der Waals surface area (Å²) in [6.07, 6.45) is 0. The van der Waals surface area contributed by atoms with Crippen molar-refractivity contribution in [3.63, 3.8) is 0 Å². The maximum Gasteiger partial charge on any atom is 0.530 e. The molecule has 17 heteroatoms. The highest BCUT2D eigenvalue weighted by Gasteiger charge is 2.77. The summed E-state index contributed by atoms with van der Waals surface area (Å²) in [5.74, 6) is 5.34. The lowest BCUT2D eigenvalue weighted by atomic mass is 10.3. The van der Waals surface area contributed by atoms with Gasteiger partial charge in [0, 0.05) is 4.60 Å². The summed E-state index contributed by atoms with van der Waals surface area (Å²) >= 11 is 0. The smallest absolute Gasteiger partial charge is 0.438 e. The van der Waals surface area contributed by atoms with Crippen molar-refractivity contribution in [1.29, 1.82) is 5.26 Å². The standard InChI is InChI=1S/C49H40N5O8P4/c50-41-65(60-47-35-19-6-20-36-47)53(56-43-27-11-2-12-28-43)64(59-46-33-17-5-18-34-46)52(55-42-25-9-1-10-26-42)63(58-45-31-15-4-16-32-45)51-66(61-48-37-21-7-22-38-48,62-49-39-23-8-24-40-49)54(65)57-44-29-13-3-14-30-44/h1-40H/q+1. The Labute approximate surface area is 386 Å². The van der Waals surface area contributed by atoms with Crippen molar-refractivity contribution in [2.45, 2.75) is 0 Å². The van der Waals surface area contributed by atoms with E-state index in [1.165, 1.54) is 13.8 Å². The van der Waals surface area contributed by atoms with E-state index in [1.807, 2.05) is 133 Å². The molecule has 9 rings (SSSR count). The first kappa shape index (κ1) is 44.3. The topological polar surface area (TPSA) is 120 Å². The van der Waals surface area contributed by atoms with Crippen LogP contribution in [-0.2, 0) is 0 Å². The van der Waals surface area contributed by atoms with Crippen LogP contribution < -0.4 is 37.1 Å². The molecule has 1 heterocycles. The number of hydrogen-bond acceptors (Lipinski definition) is 13. The van der Waals surface area contributed by atoms with E-state index in [-0.39, 0.29) is 5.75 Å². The molecule has 328 valence electrons. The van der Waals surface area contributed by atoms with Gasteiger partial charge in [0.15, 0.2) is 21.9 Å². The summed E-state index contributed by atoms with van der Waals surface area (Å²) in [7, 11) is -14.3. The molecule has 0 radical (unpaired) electrons. The predicted molar refractivity (Wildman–Crippen MR) is 258 cm³/mol. The van der Waals surface area contributed by atoms with Gasteiger partial charge in [-0.1, -0.05) is 146 Å². The molecular formula is C49H40N5O8P4+.